The third-order valence-electron chi connectivity index (χ3n) is 7.67. The van der Waals surface area contributed by atoms with E-state index in [1.807, 2.05) is 92.7 Å². The van der Waals surface area contributed by atoms with Gasteiger partial charge >= 0.3 is 0 Å². The smallest absolute Gasteiger partial charge is 0.274 e. The van der Waals surface area contributed by atoms with Crippen LogP contribution in [-0.2, 0) is 9.59 Å². The van der Waals surface area contributed by atoms with Crippen molar-refractivity contribution in [2.45, 2.75) is 39.2 Å². The largest absolute Gasteiger partial charge is 0.493 e. The predicted octanol–water partition coefficient (Wildman–Crippen LogP) is 5.56. The lowest BCUT2D eigenvalue weighted by atomic mass is 9.95. The second kappa shape index (κ2) is 19.2. The fraction of sp³-hybridized carbons (Fsp3) is 0.231. The molecule has 0 aliphatic carbocycles. The van der Waals surface area contributed by atoms with E-state index in [9.17, 15) is 14.4 Å². The number of ether oxygens (including phenoxy) is 2. The number of allylic oxidation sites excluding steroid dienone is 3. The van der Waals surface area contributed by atoms with Crippen LogP contribution in [0.3, 0.4) is 0 Å². The normalized spacial score (nSPS) is 11.7. The number of benzene rings is 4. The number of anilines is 1. The van der Waals surface area contributed by atoms with E-state index in [1.54, 1.807) is 17.6 Å². The van der Waals surface area contributed by atoms with Crippen LogP contribution < -0.4 is 37.1 Å². The van der Waals surface area contributed by atoms with Gasteiger partial charge < -0.3 is 31.6 Å². The van der Waals surface area contributed by atoms with Crippen molar-refractivity contribution >= 4 is 46.2 Å². The lowest BCUT2D eigenvalue weighted by Crippen LogP contribution is -2.45. The fourth-order valence-electron chi connectivity index (χ4n) is 5.30. The molecule has 0 spiro atoms. The van der Waals surface area contributed by atoms with Crippen LogP contribution in [0.4, 0.5) is 5.69 Å². The number of hydrogen-bond donors (Lipinski definition) is 6. The molecule has 51 heavy (non-hydrogen) atoms. The summed E-state index contributed by atoms with van der Waals surface area (Å²) in [6.07, 6.45) is 9.22. The Morgan fingerprint density at radius 2 is 1.75 bits per heavy atom. The average molecular weight is 693 g/mol. The molecule has 0 fully saturated rings. The third-order valence-corrected chi connectivity index (χ3v) is 7.67. The maximum absolute atomic E-state index is 13.4. The molecular formula is C39H44N6O6. The first kappa shape index (κ1) is 37.7. The highest BCUT2D eigenvalue weighted by Crippen LogP contribution is 2.42. The highest BCUT2D eigenvalue weighted by atomic mass is 16.5. The lowest BCUT2D eigenvalue weighted by Gasteiger charge is -2.20. The molecule has 8 N–H and O–H groups in total. The van der Waals surface area contributed by atoms with Crippen LogP contribution in [0.2, 0.25) is 0 Å². The van der Waals surface area contributed by atoms with Crippen LogP contribution in [0.15, 0.2) is 102 Å². The van der Waals surface area contributed by atoms with Crippen LogP contribution in [0.25, 0.3) is 28.0 Å². The molecule has 0 heterocycles. The van der Waals surface area contributed by atoms with Gasteiger partial charge in [0.2, 0.25) is 5.91 Å². The number of nitrogens with two attached hydrogens (primary N) is 2. The third kappa shape index (κ3) is 10.9. The molecule has 0 aliphatic heterocycles. The van der Waals surface area contributed by atoms with Gasteiger partial charge in [0.25, 0.3) is 11.8 Å². The quantitative estimate of drug-likeness (QED) is 0.0207. The first-order valence-electron chi connectivity index (χ1n) is 16.6. The molecule has 4 rings (SSSR count). The highest BCUT2D eigenvalue weighted by molar-refractivity contribution is 6.02. The lowest BCUT2D eigenvalue weighted by molar-refractivity contribution is -0.128. The van der Waals surface area contributed by atoms with Gasteiger partial charge in [-0.15, -0.1) is 0 Å². The molecule has 12 nitrogen and oxygen atoms in total. The molecule has 4 aromatic carbocycles. The zero-order valence-electron chi connectivity index (χ0n) is 28.7. The molecule has 3 amide bonds. The molecule has 0 saturated heterocycles. The highest BCUT2D eigenvalue weighted by Gasteiger charge is 2.23. The van der Waals surface area contributed by atoms with Crippen LogP contribution in [-0.4, -0.2) is 54.7 Å². The van der Waals surface area contributed by atoms with Crippen LogP contribution >= 0.6 is 0 Å². The van der Waals surface area contributed by atoms with E-state index in [1.165, 1.54) is 12.1 Å². The Hall–Kier alpha value is -6.14. The number of carbonyl (C=O) groups excluding carboxylic acids is 3. The monoisotopic (exact) mass is 692 g/mol. The minimum atomic E-state index is -0.989. The van der Waals surface area contributed by atoms with Crippen LogP contribution in [0, 0.1) is 0 Å². The zero-order chi connectivity index (χ0) is 36.6. The summed E-state index contributed by atoms with van der Waals surface area (Å²) in [4.78, 5) is 42.7. The van der Waals surface area contributed by atoms with Gasteiger partial charge in [-0.05, 0) is 78.9 Å². The van der Waals surface area contributed by atoms with Crippen molar-refractivity contribution < 1.29 is 29.1 Å². The Balaban J connectivity index is 1.61. The van der Waals surface area contributed by atoms with E-state index in [2.05, 4.69) is 15.6 Å². The Kier molecular flexibility index (Phi) is 14.1. The Morgan fingerprint density at radius 3 is 2.51 bits per heavy atom. The van der Waals surface area contributed by atoms with Gasteiger partial charge in [0, 0.05) is 28.9 Å². The summed E-state index contributed by atoms with van der Waals surface area (Å²) in [5.74, 6) is -0.730. The molecule has 0 saturated carbocycles. The van der Waals surface area contributed by atoms with Gasteiger partial charge in [0.05, 0.1) is 6.61 Å². The number of aliphatic imine (C=N–C) groups is 1. The predicted molar refractivity (Wildman–Crippen MR) is 201 cm³/mol. The van der Waals surface area contributed by atoms with E-state index in [-0.39, 0.29) is 31.1 Å². The summed E-state index contributed by atoms with van der Waals surface area (Å²) in [6, 6.07) is 22.7. The SMILES string of the molecule is C/C=C\C=C/c1ccc(OCC(=O)N[C@H](CCCN=C(N)N)C(=O)Nc2cccc(C(=O)NO)c2)c(-c2c(OCCC)ccc3ccccc23)c1. The Morgan fingerprint density at radius 1 is 0.941 bits per heavy atom. The van der Waals surface area contributed by atoms with Gasteiger partial charge in [-0.25, -0.2) is 5.48 Å². The standard InChI is InChI=1S/C39H44N6O6/c1-3-5-6-11-26-17-19-33(31(23-26)36-30-15-8-7-12-27(30)18-20-34(36)50-22-4-2)51-25-35(46)44-32(16-10-21-42-39(40)41)38(48)43-29-14-9-13-28(24-29)37(47)45-49/h3,5-9,11-15,17-20,23-24,32,49H,4,10,16,21-22,25H2,1-2H3,(H,43,48)(H,44,46)(H,45,47)(H4,40,41,42)/b5-3-,11-6-/t32-/m1/s1. The molecule has 0 radical (unpaired) electrons. The molecule has 1 atom stereocenters. The van der Waals surface area contributed by atoms with Crippen LogP contribution in [0.5, 0.6) is 11.5 Å². The van der Waals surface area contributed by atoms with Crippen molar-refractivity contribution in [2.75, 3.05) is 25.1 Å². The van der Waals surface area contributed by atoms with Crippen molar-refractivity contribution in [3.8, 4) is 22.6 Å². The number of nitrogens with one attached hydrogen (secondary N) is 3. The number of hydroxylamine groups is 1. The van der Waals surface area contributed by atoms with Gasteiger partial charge in [-0.1, -0.05) is 73.7 Å². The van der Waals surface area contributed by atoms with E-state index in [4.69, 9.17) is 26.1 Å². The Bertz CT molecular complexity index is 1920. The summed E-state index contributed by atoms with van der Waals surface area (Å²) in [5, 5.41) is 16.5. The molecule has 0 bridgehead atoms. The maximum atomic E-state index is 13.4. The summed E-state index contributed by atoms with van der Waals surface area (Å²) in [7, 11) is 0. The van der Waals surface area contributed by atoms with Gasteiger partial charge in [0.15, 0.2) is 12.6 Å². The zero-order valence-corrected chi connectivity index (χ0v) is 28.7. The summed E-state index contributed by atoms with van der Waals surface area (Å²) in [6.45, 7) is 4.37. The van der Waals surface area contributed by atoms with Crippen molar-refractivity contribution in [3.63, 3.8) is 0 Å². The Labute approximate surface area is 297 Å². The second-order valence-electron chi connectivity index (χ2n) is 11.5. The van der Waals surface area contributed by atoms with Crippen LogP contribution in [0.1, 0.15) is 49.0 Å². The maximum Gasteiger partial charge on any atom is 0.274 e. The summed E-state index contributed by atoms with van der Waals surface area (Å²) < 4.78 is 12.4. The van der Waals surface area contributed by atoms with E-state index in [0.717, 1.165) is 33.9 Å². The first-order chi connectivity index (χ1) is 24.7. The number of amides is 3. The number of fused-ring (bicyclic) bond motifs is 1. The van der Waals surface area contributed by atoms with Gasteiger partial charge in [-0.2, -0.15) is 0 Å². The molecular weight excluding hydrogens is 648 g/mol. The van der Waals surface area contributed by atoms with E-state index < -0.39 is 23.8 Å². The van der Waals surface area contributed by atoms with Gasteiger partial charge in [-0.3, -0.25) is 24.6 Å². The van der Waals surface area contributed by atoms with Gasteiger partial charge in [0.1, 0.15) is 17.5 Å². The molecule has 4 aromatic rings. The number of rotatable bonds is 17. The fourth-order valence-corrected chi connectivity index (χ4v) is 5.30. The molecule has 0 unspecified atom stereocenters. The summed E-state index contributed by atoms with van der Waals surface area (Å²) in [5.41, 5.74) is 15.4. The van der Waals surface area contributed by atoms with E-state index >= 15 is 0 Å². The first-order valence-corrected chi connectivity index (χ1v) is 16.6. The molecule has 0 aliphatic rings. The number of hydrogen-bond acceptors (Lipinski definition) is 7. The van der Waals surface area contributed by atoms with E-state index in [0.29, 0.717) is 30.2 Å². The van der Waals surface area contributed by atoms with Crippen molar-refractivity contribution in [1.82, 2.24) is 10.8 Å². The topological polar surface area (TPSA) is 190 Å². The second-order valence-corrected chi connectivity index (χ2v) is 11.5. The van der Waals surface area contributed by atoms with Crippen molar-refractivity contribution in [3.05, 3.63) is 108 Å². The number of carbonyl (C=O) groups is 3. The summed E-state index contributed by atoms with van der Waals surface area (Å²) >= 11 is 0. The number of guanidine groups is 1. The average Bonchev–Trinajstić information content (AvgIpc) is 3.14. The molecule has 12 heteroatoms. The van der Waals surface area contributed by atoms with Crippen molar-refractivity contribution in [1.29, 1.82) is 0 Å². The number of nitrogens with zero attached hydrogens (tertiary/aromatic N) is 1. The minimum absolute atomic E-state index is 0.0824. The van der Waals surface area contributed by atoms with Crippen molar-refractivity contribution in [2.24, 2.45) is 16.5 Å². The molecule has 266 valence electrons. The molecule has 0 aromatic heterocycles. The minimum Gasteiger partial charge on any atom is -0.493 e.